The molecule has 1 aliphatic heterocycles. The first kappa shape index (κ1) is 16.6. The van der Waals surface area contributed by atoms with Gasteiger partial charge in [0, 0.05) is 18.2 Å². The van der Waals surface area contributed by atoms with E-state index in [2.05, 4.69) is 9.62 Å². The molecule has 21 heavy (non-hydrogen) atoms. The molecule has 1 aliphatic rings. The average molecular weight is 354 g/mol. The van der Waals surface area contributed by atoms with Gasteiger partial charge in [0.05, 0.1) is 4.92 Å². The molecule has 7 nitrogen and oxygen atoms in total. The lowest BCUT2D eigenvalue weighted by molar-refractivity contribution is -0.384. The van der Waals surface area contributed by atoms with Crippen molar-refractivity contribution in [3.63, 3.8) is 0 Å². The van der Waals surface area contributed by atoms with Gasteiger partial charge >= 0.3 is 0 Å². The number of nitro groups is 1. The second-order valence-electron chi connectivity index (χ2n) is 5.15. The number of nitrogens with one attached hydrogen (secondary N) is 1. The SMILES string of the molecule is CC1CC(NS(=O)(=O)c2cc([N+](=O)[O-])c(Cl)s2)CCN1C. The molecule has 10 heteroatoms. The van der Waals surface area contributed by atoms with Crippen LogP contribution in [0.3, 0.4) is 0 Å². The predicted molar refractivity (Wildman–Crippen MR) is 81.4 cm³/mol. The second kappa shape index (κ2) is 6.17. The topological polar surface area (TPSA) is 92.5 Å². The third kappa shape index (κ3) is 3.72. The van der Waals surface area contributed by atoms with Crippen molar-refractivity contribution in [1.82, 2.24) is 9.62 Å². The Hall–Kier alpha value is -0.740. The van der Waals surface area contributed by atoms with Gasteiger partial charge in [0.2, 0.25) is 0 Å². The molecule has 2 atom stereocenters. The maximum Gasteiger partial charge on any atom is 0.300 e. The maximum absolute atomic E-state index is 12.3. The highest BCUT2D eigenvalue weighted by atomic mass is 35.5. The van der Waals surface area contributed by atoms with Crippen molar-refractivity contribution in [2.45, 2.75) is 36.1 Å². The lowest BCUT2D eigenvalue weighted by atomic mass is 10.0. The van der Waals surface area contributed by atoms with E-state index in [9.17, 15) is 18.5 Å². The molecule has 0 saturated carbocycles. The van der Waals surface area contributed by atoms with Gasteiger partial charge in [-0.2, -0.15) is 0 Å². The number of hydrogen-bond acceptors (Lipinski definition) is 6. The highest BCUT2D eigenvalue weighted by molar-refractivity contribution is 7.91. The Balaban J connectivity index is 2.15. The van der Waals surface area contributed by atoms with Crippen LogP contribution in [0.15, 0.2) is 10.3 Å². The summed E-state index contributed by atoms with van der Waals surface area (Å²) >= 11 is 6.41. The van der Waals surface area contributed by atoms with Gasteiger partial charge in [-0.25, -0.2) is 13.1 Å². The zero-order chi connectivity index (χ0) is 15.8. The molecule has 2 unspecified atom stereocenters. The lowest BCUT2D eigenvalue weighted by Crippen LogP contribution is -2.47. The zero-order valence-corrected chi connectivity index (χ0v) is 14.0. The van der Waals surface area contributed by atoms with Gasteiger partial charge in [-0.05, 0) is 33.4 Å². The van der Waals surface area contributed by atoms with Crippen molar-refractivity contribution in [3.05, 3.63) is 20.5 Å². The fourth-order valence-corrected chi connectivity index (χ4v) is 5.23. The number of halogens is 1. The first-order valence-corrected chi connectivity index (χ1v) is 9.04. The molecular formula is C11H16ClN3O4S2. The molecule has 1 saturated heterocycles. The summed E-state index contributed by atoms with van der Waals surface area (Å²) in [4.78, 5) is 12.2. The van der Waals surface area contributed by atoms with Gasteiger partial charge in [-0.3, -0.25) is 10.1 Å². The van der Waals surface area contributed by atoms with Gasteiger partial charge in [0.15, 0.2) is 4.34 Å². The van der Waals surface area contributed by atoms with Gasteiger partial charge in [0.1, 0.15) is 4.21 Å². The Kier molecular flexibility index (Phi) is 4.89. The van der Waals surface area contributed by atoms with Crippen LogP contribution in [0.25, 0.3) is 0 Å². The van der Waals surface area contributed by atoms with E-state index in [1.807, 2.05) is 14.0 Å². The van der Waals surface area contributed by atoms with Crippen molar-refractivity contribution < 1.29 is 13.3 Å². The molecule has 0 bridgehead atoms. The van der Waals surface area contributed by atoms with Crippen LogP contribution in [0.5, 0.6) is 0 Å². The van der Waals surface area contributed by atoms with Crippen LogP contribution in [0, 0.1) is 10.1 Å². The molecule has 118 valence electrons. The minimum Gasteiger partial charge on any atom is -0.304 e. The number of rotatable bonds is 4. The zero-order valence-electron chi connectivity index (χ0n) is 11.6. The predicted octanol–water partition coefficient (Wildman–Crippen LogP) is 2.07. The number of thiophene rings is 1. The number of sulfonamides is 1. The summed E-state index contributed by atoms with van der Waals surface area (Å²) in [6.07, 6.45) is 1.41. The van der Waals surface area contributed by atoms with Crippen molar-refractivity contribution >= 4 is 38.6 Å². The summed E-state index contributed by atoms with van der Waals surface area (Å²) in [7, 11) is -1.78. The van der Waals surface area contributed by atoms with Crippen LogP contribution in [-0.2, 0) is 10.0 Å². The van der Waals surface area contributed by atoms with Crippen molar-refractivity contribution in [1.29, 1.82) is 0 Å². The Morgan fingerprint density at radius 2 is 2.24 bits per heavy atom. The smallest absolute Gasteiger partial charge is 0.300 e. The van der Waals surface area contributed by atoms with Crippen LogP contribution in [0.4, 0.5) is 5.69 Å². The molecule has 0 amide bonds. The third-order valence-corrected chi connectivity index (χ3v) is 6.97. The van der Waals surface area contributed by atoms with E-state index in [4.69, 9.17) is 11.6 Å². The highest BCUT2D eigenvalue weighted by Crippen LogP contribution is 2.36. The van der Waals surface area contributed by atoms with E-state index in [0.29, 0.717) is 24.2 Å². The van der Waals surface area contributed by atoms with Crippen LogP contribution >= 0.6 is 22.9 Å². The summed E-state index contributed by atoms with van der Waals surface area (Å²) in [5, 5.41) is 10.7. The molecule has 0 aromatic carbocycles. The number of piperidine rings is 1. The first-order valence-electron chi connectivity index (χ1n) is 6.37. The van der Waals surface area contributed by atoms with E-state index in [1.165, 1.54) is 0 Å². The van der Waals surface area contributed by atoms with Crippen LogP contribution in [0.1, 0.15) is 19.8 Å². The number of nitrogens with zero attached hydrogens (tertiary/aromatic N) is 2. The van der Waals surface area contributed by atoms with E-state index in [0.717, 1.165) is 12.6 Å². The van der Waals surface area contributed by atoms with Gasteiger partial charge in [0.25, 0.3) is 15.7 Å². The highest BCUT2D eigenvalue weighted by Gasteiger charge is 2.30. The molecule has 0 spiro atoms. The van der Waals surface area contributed by atoms with Crippen LogP contribution < -0.4 is 4.72 Å². The largest absolute Gasteiger partial charge is 0.304 e. The summed E-state index contributed by atoms with van der Waals surface area (Å²) in [5.41, 5.74) is -0.376. The first-order chi connectivity index (χ1) is 9.70. The van der Waals surface area contributed by atoms with Crippen LogP contribution in [0.2, 0.25) is 4.34 Å². The standard InChI is InChI=1S/C11H16ClN3O4S2/c1-7-5-8(3-4-14(7)2)13-21(18,19)10-6-9(15(16)17)11(12)20-10/h6-8,13H,3-5H2,1-2H3. The van der Waals surface area contributed by atoms with Crippen molar-refractivity contribution in [3.8, 4) is 0 Å². The van der Waals surface area contributed by atoms with Gasteiger partial charge in [-0.15, -0.1) is 11.3 Å². The minimum atomic E-state index is -3.77. The van der Waals surface area contributed by atoms with Crippen molar-refractivity contribution in [2.75, 3.05) is 13.6 Å². The molecule has 0 aliphatic carbocycles. The Labute approximate surface area is 132 Å². The fraction of sp³-hybridized carbons (Fsp3) is 0.636. The molecule has 0 radical (unpaired) electrons. The second-order valence-corrected chi connectivity index (χ2v) is 8.75. The number of hydrogen-bond donors (Lipinski definition) is 1. The normalized spacial score (nSPS) is 24.1. The maximum atomic E-state index is 12.3. The van der Waals surface area contributed by atoms with E-state index < -0.39 is 14.9 Å². The Morgan fingerprint density at radius 3 is 2.76 bits per heavy atom. The molecular weight excluding hydrogens is 338 g/mol. The molecule has 2 heterocycles. The van der Waals surface area contributed by atoms with E-state index >= 15 is 0 Å². The molecule has 1 N–H and O–H groups in total. The van der Waals surface area contributed by atoms with Gasteiger partial charge < -0.3 is 4.90 Å². The molecule has 1 aromatic rings. The Morgan fingerprint density at radius 1 is 1.57 bits per heavy atom. The third-order valence-electron chi connectivity index (χ3n) is 3.64. The van der Waals surface area contributed by atoms with Crippen molar-refractivity contribution in [2.24, 2.45) is 0 Å². The lowest BCUT2D eigenvalue weighted by Gasteiger charge is -2.35. The Bertz CT molecular complexity index is 646. The monoisotopic (exact) mass is 353 g/mol. The average Bonchev–Trinajstić information content (AvgIpc) is 2.77. The summed E-state index contributed by atoms with van der Waals surface area (Å²) < 4.78 is 26.9. The summed E-state index contributed by atoms with van der Waals surface area (Å²) in [5.74, 6) is 0. The fourth-order valence-electron chi connectivity index (χ4n) is 2.27. The van der Waals surface area contributed by atoms with Gasteiger partial charge in [-0.1, -0.05) is 11.6 Å². The molecule has 2 rings (SSSR count). The summed E-state index contributed by atoms with van der Waals surface area (Å²) in [6.45, 7) is 2.84. The van der Waals surface area contributed by atoms with Crippen LogP contribution in [-0.4, -0.2) is 43.9 Å². The molecule has 1 fully saturated rings. The molecule has 1 aromatic heterocycles. The number of likely N-dealkylation sites (tertiary alicyclic amines) is 1. The van der Waals surface area contributed by atoms with E-state index in [1.54, 1.807) is 0 Å². The minimum absolute atomic E-state index is 0.120. The summed E-state index contributed by atoms with van der Waals surface area (Å²) in [6, 6.07) is 1.13. The van der Waals surface area contributed by atoms with E-state index in [-0.39, 0.29) is 26.3 Å². The quantitative estimate of drug-likeness (QED) is 0.660.